The molecule has 0 spiro atoms. The first-order chi connectivity index (χ1) is 5.18. The molecule has 0 aliphatic carbocycles. The Morgan fingerprint density at radius 3 is 2.36 bits per heavy atom. The zero-order chi connectivity index (χ0) is 8.27. The number of nitrogen functional groups attached to an aromatic ring is 1. The highest BCUT2D eigenvalue weighted by Crippen LogP contribution is 2.05. The van der Waals surface area contributed by atoms with Gasteiger partial charge in [0, 0.05) is 18.1 Å². The third kappa shape index (κ3) is 2.29. The molecule has 0 bridgehead atoms. The molecule has 0 saturated heterocycles. The van der Waals surface area contributed by atoms with Gasteiger partial charge in [0.2, 0.25) is 0 Å². The summed E-state index contributed by atoms with van der Waals surface area (Å²) in [5, 5.41) is 10.1. The quantitative estimate of drug-likeness (QED) is 0.581. The van der Waals surface area contributed by atoms with E-state index in [9.17, 15) is 9.90 Å². The lowest BCUT2D eigenvalue weighted by molar-refractivity contribution is -0.304. The van der Waals surface area contributed by atoms with E-state index in [1.807, 2.05) is 0 Å². The Labute approximate surface area is 64.5 Å². The highest BCUT2D eigenvalue weighted by molar-refractivity contribution is 5.68. The third-order valence-corrected chi connectivity index (χ3v) is 1.33. The van der Waals surface area contributed by atoms with Crippen LogP contribution >= 0.6 is 0 Å². The Balaban J connectivity index is 2.74. The largest absolute Gasteiger partial charge is 0.550 e. The highest BCUT2D eigenvalue weighted by atomic mass is 16.4. The molecule has 11 heavy (non-hydrogen) atoms. The van der Waals surface area contributed by atoms with Gasteiger partial charge >= 0.3 is 0 Å². The van der Waals surface area contributed by atoms with E-state index in [1.54, 1.807) is 24.3 Å². The Bertz CT molecular complexity index is 253. The fraction of sp³-hybridized carbons (Fsp3) is 0.125. The standard InChI is InChI=1S/C8H9NO2/c9-7-3-1-6(2-4-7)5-8(10)11/h1-4H,5,9H2,(H,10,11)/p-1. The molecule has 0 aliphatic heterocycles. The van der Waals surface area contributed by atoms with Crippen molar-refractivity contribution in [3.05, 3.63) is 29.8 Å². The number of nitrogens with two attached hydrogens (primary N) is 1. The topological polar surface area (TPSA) is 66.2 Å². The van der Waals surface area contributed by atoms with E-state index in [1.165, 1.54) is 0 Å². The minimum absolute atomic E-state index is 0.0553. The van der Waals surface area contributed by atoms with E-state index < -0.39 is 5.97 Å². The molecule has 2 N–H and O–H groups in total. The van der Waals surface area contributed by atoms with Crippen molar-refractivity contribution in [2.75, 3.05) is 5.73 Å². The summed E-state index contributed by atoms with van der Waals surface area (Å²) in [6.45, 7) is 0. The van der Waals surface area contributed by atoms with E-state index in [-0.39, 0.29) is 6.42 Å². The number of carboxylic acid groups (broad SMARTS) is 1. The molecule has 0 fully saturated rings. The summed E-state index contributed by atoms with van der Waals surface area (Å²) in [7, 11) is 0. The van der Waals surface area contributed by atoms with E-state index in [4.69, 9.17) is 5.73 Å². The average molecular weight is 150 g/mol. The summed E-state index contributed by atoms with van der Waals surface area (Å²) in [6.07, 6.45) is -0.0553. The Morgan fingerprint density at radius 1 is 1.36 bits per heavy atom. The number of carboxylic acids is 1. The summed E-state index contributed by atoms with van der Waals surface area (Å²) in [5.74, 6) is -1.07. The van der Waals surface area contributed by atoms with Gasteiger partial charge in [-0.15, -0.1) is 0 Å². The van der Waals surface area contributed by atoms with Crippen LogP contribution in [0, 0.1) is 0 Å². The average Bonchev–Trinajstić information content (AvgIpc) is 1.93. The van der Waals surface area contributed by atoms with Gasteiger partial charge in [0.15, 0.2) is 0 Å². The van der Waals surface area contributed by atoms with Crippen molar-refractivity contribution in [3.63, 3.8) is 0 Å². The molecule has 0 unspecified atom stereocenters. The van der Waals surface area contributed by atoms with Crippen molar-refractivity contribution in [1.29, 1.82) is 0 Å². The molecule has 0 amide bonds. The van der Waals surface area contributed by atoms with Gasteiger partial charge in [0.05, 0.1) is 0 Å². The Hall–Kier alpha value is -1.51. The van der Waals surface area contributed by atoms with Crippen LogP contribution in [0.3, 0.4) is 0 Å². The van der Waals surface area contributed by atoms with Gasteiger partial charge in [0.1, 0.15) is 0 Å². The maximum absolute atomic E-state index is 10.1. The lowest BCUT2D eigenvalue weighted by Gasteiger charge is -2.01. The van der Waals surface area contributed by atoms with Gasteiger partial charge in [-0.2, -0.15) is 0 Å². The minimum Gasteiger partial charge on any atom is -0.550 e. The minimum atomic E-state index is -1.07. The molecule has 3 nitrogen and oxygen atoms in total. The van der Waals surface area contributed by atoms with Gasteiger partial charge in [-0.05, 0) is 17.7 Å². The fourth-order valence-corrected chi connectivity index (χ4v) is 0.802. The zero-order valence-electron chi connectivity index (χ0n) is 5.91. The van der Waals surface area contributed by atoms with Gasteiger partial charge in [-0.3, -0.25) is 0 Å². The summed E-state index contributed by atoms with van der Waals surface area (Å²) in [6, 6.07) is 6.67. The number of carbonyl (C=O) groups is 1. The number of carbonyl (C=O) groups excluding carboxylic acids is 1. The van der Waals surface area contributed by atoms with Crippen LogP contribution in [0.2, 0.25) is 0 Å². The summed E-state index contributed by atoms with van der Waals surface area (Å²) in [4.78, 5) is 10.1. The second-order valence-corrected chi connectivity index (χ2v) is 2.29. The second kappa shape index (κ2) is 3.05. The summed E-state index contributed by atoms with van der Waals surface area (Å²) >= 11 is 0. The lowest BCUT2D eigenvalue weighted by atomic mass is 10.1. The molecule has 0 atom stereocenters. The molecular formula is C8H8NO2-. The fourth-order valence-electron chi connectivity index (χ4n) is 0.802. The molecule has 0 radical (unpaired) electrons. The van der Waals surface area contributed by atoms with Crippen LogP contribution in [0.5, 0.6) is 0 Å². The molecule has 1 aromatic rings. The number of hydrogen-bond acceptors (Lipinski definition) is 3. The molecule has 1 rings (SSSR count). The third-order valence-electron chi connectivity index (χ3n) is 1.33. The van der Waals surface area contributed by atoms with E-state index in [2.05, 4.69) is 0 Å². The number of anilines is 1. The number of aliphatic carboxylic acids is 1. The second-order valence-electron chi connectivity index (χ2n) is 2.29. The molecule has 0 heterocycles. The predicted molar refractivity (Wildman–Crippen MR) is 39.6 cm³/mol. The van der Waals surface area contributed by atoms with Crippen molar-refractivity contribution in [1.82, 2.24) is 0 Å². The lowest BCUT2D eigenvalue weighted by Crippen LogP contribution is -2.24. The summed E-state index contributed by atoms with van der Waals surface area (Å²) in [5.41, 5.74) is 6.73. The molecule has 1 aromatic carbocycles. The predicted octanol–water partition coefficient (Wildman–Crippen LogP) is -0.439. The van der Waals surface area contributed by atoms with Gasteiger partial charge in [-0.25, -0.2) is 0 Å². The van der Waals surface area contributed by atoms with Crippen molar-refractivity contribution >= 4 is 11.7 Å². The molecule has 3 heteroatoms. The molecular weight excluding hydrogens is 142 g/mol. The van der Waals surface area contributed by atoms with Crippen LogP contribution in [0.25, 0.3) is 0 Å². The van der Waals surface area contributed by atoms with E-state index in [0.29, 0.717) is 11.3 Å². The van der Waals surface area contributed by atoms with Crippen LogP contribution in [0.4, 0.5) is 5.69 Å². The Kier molecular flexibility index (Phi) is 2.11. The van der Waals surface area contributed by atoms with Gasteiger partial charge in [0.25, 0.3) is 0 Å². The molecule has 0 saturated carbocycles. The zero-order valence-corrected chi connectivity index (χ0v) is 5.91. The summed E-state index contributed by atoms with van der Waals surface area (Å²) < 4.78 is 0. The molecule has 0 aromatic heterocycles. The van der Waals surface area contributed by atoms with Gasteiger partial charge in [-0.1, -0.05) is 12.1 Å². The van der Waals surface area contributed by atoms with Crippen LogP contribution in [0.15, 0.2) is 24.3 Å². The molecule has 58 valence electrons. The van der Waals surface area contributed by atoms with E-state index in [0.717, 1.165) is 0 Å². The van der Waals surface area contributed by atoms with Crippen molar-refractivity contribution in [2.24, 2.45) is 0 Å². The van der Waals surface area contributed by atoms with Gasteiger partial charge < -0.3 is 15.6 Å². The van der Waals surface area contributed by atoms with Crippen LogP contribution in [-0.4, -0.2) is 5.97 Å². The SMILES string of the molecule is Nc1ccc(CC(=O)[O-])cc1. The van der Waals surface area contributed by atoms with Crippen LogP contribution in [0.1, 0.15) is 5.56 Å². The van der Waals surface area contributed by atoms with Crippen LogP contribution in [-0.2, 0) is 11.2 Å². The van der Waals surface area contributed by atoms with E-state index >= 15 is 0 Å². The molecule has 0 aliphatic rings. The number of benzene rings is 1. The van der Waals surface area contributed by atoms with Crippen molar-refractivity contribution in [3.8, 4) is 0 Å². The normalized spacial score (nSPS) is 9.45. The number of hydrogen-bond donors (Lipinski definition) is 1. The smallest absolute Gasteiger partial charge is 0.0458 e. The van der Waals surface area contributed by atoms with Crippen molar-refractivity contribution in [2.45, 2.75) is 6.42 Å². The highest BCUT2D eigenvalue weighted by Gasteiger charge is 1.91. The Morgan fingerprint density at radius 2 is 1.91 bits per heavy atom. The van der Waals surface area contributed by atoms with Crippen LogP contribution < -0.4 is 10.8 Å². The monoisotopic (exact) mass is 150 g/mol. The van der Waals surface area contributed by atoms with Crippen molar-refractivity contribution < 1.29 is 9.90 Å². The first kappa shape index (κ1) is 7.60. The first-order valence-electron chi connectivity index (χ1n) is 3.23. The maximum Gasteiger partial charge on any atom is 0.0458 e. The maximum atomic E-state index is 10.1. The number of rotatable bonds is 2. The first-order valence-corrected chi connectivity index (χ1v) is 3.23.